The van der Waals surface area contributed by atoms with Crippen LogP contribution in [0.25, 0.3) is 0 Å². The largest absolute Gasteiger partial charge is 0.381 e. The number of sulfonamides is 1. The summed E-state index contributed by atoms with van der Waals surface area (Å²) in [6.45, 7) is 4.56. The van der Waals surface area contributed by atoms with E-state index in [4.69, 9.17) is 4.74 Å². The minimum absolute atomic E-state index is 0.0780. The van der Waals surface area contributed by atoms with Crippen LogP contribution in [0.2, 0.25) is 0 Å². The fraction of sp³-hybridized carbons (Fsp3) is 0.571. The van der Waals surface area contributed by atoms with Crippen molar-refractivity contribution in [2.75, 3.05) is 13.2 Å². The van der Waals surface area contributed by atoms with Crippen molar-refractivity contribution in [3.05, 3.63) is 33.4 Å². The second-order valence-electron chi connectivity index (χ2n) is 5.34. The fourth-order valence-electron chi connectivity index (χ4n) is 2.26. The normalized spacial score (nSPS) is 24.0. The molecule has 0 bridgehead atoms. The number of hydrogen-bond donors (Lipinski definition) is 1. The molecule has 2 atom stereocenters. The standard InChI is InChI=1S/C14H20INO3S/c1-10(2)20(17,18)16-14-7-8-19-9-13(14)11-3-5-12(15)6-4-11/h3-6,10,13-14,16H,7-9H2,1-2H3/t13-,14+/m0/s1. The van der Waals surface area contributed by atoms with Crippen LogP contribution in [0.5, 0.6) is 0 Å². The molecule has 4 nitrogen and oxygen atoms in total. The summed E-state index contributed by atoms with van der Waals surface area (Å²) in [6, 6.07) is 8.10. The van der Waals surface area contributed by atoms with Crippen molar-refractivity contribution in [3.63, 3.8) is 0 Å². The predicted octanol–water partition coefficient (Wildman–Crippen LogP) is 2.49. The monoisotopic (exact) mass is 409 g/mol. The number of ether oxygens (including phenoxy) is 1. The van der Waals surface area contributed by atoms with Gasteiger partial charge >= 0.3 is 0 Å². The predicted molar refractivity (Wildman–Crippen MR) is 88.3 cm³/mol. The summed E-state index contributed by atoms with van der Waals surface area (Å²) in [7, 11) is -3.25. The molecular formula is C14H20INO3S. The Balaban J connectivity index is 2.19. The summed E-state index contributed by atoms with van der Waals surface area (Å²) >= 11 is 2.26. The van der Waals surface area contributed by atoms with Crippen LogP contribution < -0.4 is 4.72 Å². The van der Waals surface area contributed by atoms with E-state index in [0.717, 1.165) is 5.56 Å². The molecule has 1 saturated heterocycles. The molecule has 0 amide bonds. The Morgan fingerprint density at radius 1 is 1.30 bits per heavy atom. The van der Waals surface area contributed by atoms with Crippen LogP contribution in [0, 0.1) is 3.57 Å². The molecule has 20 heavy (non-hydrogen) atoms. The zero-order valence-electron chi connectivity index (χ0n) is 11.7. The van der Waals surface area contributed by atoms with Gasteiger partial charge in [-0.2, -0.15) is 0 Å². The maximum absolute atomic E-state index is 12.1. The molecule has 1 aromatic carbocycles. The van der Waals surface area contributed by atoms with Crippen molar-refractivity contribution < 1.29 is 13.2 Å². The van der Waals surface area contributed by atoms with Crippen LogP contribution in [0.3, 0.4) is 0 Å². The van der Waals surface area contributed by atoms with Crippen LogP contribution in [-0.4, -0.2) is 32.9 Å². The third kappa shape index (κ3) is 3.93. The van der Waals surface area contributed by atoms with E-state index in [1.54, 1.807) is 13.8 Å². The molecule has 112 valence electrons. The highest BCUT2D eigenvalue weighted by atomic mass is 127. The molecule has 1 N–H and O–H groups in total. The summed E-state index contributed by atoms with van der Waals surface area (Å²) < 4.78 is 33.7. The molecule has 1 fully saturated rings. The van der Waals surface area contributed by atoms with Crippen molar-refractivity contribution in [3.8, 4) is 0 Å². The second kappa shape index (κ2) is 6.72. The molecule has 1 aromatic rings. The van der Waals surface area contributed by atoms with Gasteiger partial charge in [0.15, 0.2) is 0 Å². The van der Waals surface area contributed by atoms with Crippen LogP contribution in [0.4, 0.5) is 0 Å². The van der Waals surface area contributed by atoms with Gasteiger partial charge in [-0.3, -0.25) is 0 Å². The first-order chi connectivity index (χ1) is 9.40. The van der Waals surface area contributed by atoms with Gasteiger partial charge in [0.05, 0.1) is 11.9 Å². The summed E-state index contributed by atoms with van der Waals surface area (Å²) in [6.07, 6.45) is 0.711. The van der Waals surface area contributed by atoms with Gasteiger partial charge in [-0.25, -0.2) is 13.1 Å². The third-order valence-corrected chi connectivity index (χ3v) is 6.18. The Morgan fingerprint density at radius 2 is 1.95 bits per heavy atom. The Hall–Kier alpha value is -0.180. The van der Waals surface area contributed by atoms with E-state index in [9.17, 15) is 8.42 Å². The van der Waals surface area contributed by atoms with Crippen molar-refractivity contribution in [1.29, 1.82) is 0 Å². The van der Waals surface area contributed by atoms with Crippen LogP contribution in [-0.2, 0) is 14.8 Å². The second-order valence-corrected chi connectivity index (χ2v) is 8.85. The van der Waals surface area contributed by atoms with Gasteiger partial charge in [-0.05, 0) is 60.6 Å². The quantitative estimate of drug-likeness (QED) is 0.778. The third-order valence-electron chi connectivity index (χ3n) is 3.59. The van der Waals surface area contributed by atoms with Crippen LogP contribution in [0.1, 0.15) is 31.7 Å². The van der Waals surface area contributed by atoms with Gasteiger partial charge in [0.2, 0.25) is 10.0 Å². The van der Waals surface area contributed by atoms with Gasteiger partial charge in [-0.15, -0.1) is 0 Å². The van der Waals surface area contributed by atoms with E-state index >= 15 is 0 Å². The number of benzene rings is 1. The van der Waals surface area contributed by atoms with Gasteiger partial charge in [0.1, 0.15) is 0 Å². The lowest BCUT2D eigenvalue weighted by Crippen LogP contribution is -2.46. The highest BCUT2D eigenvalue weighted by Crippen LogP contribution is 2.27. The summed E-state index contributed by atoms with van der Waals surface area (Å²) in [5.41, 5.74) is 1.13. The molecule has 0 saturated carbocycles. The Bertz CT molecular complexity index is 542. The number of hydrogen-bond acceptors (Lipinski definition) is 3. The molecule has 0 spiro atoms. The molecule has 0 aromatic heterocycles. The van der Waals surface area contributed by atoms with Crippen LogP contribution in [0.15, 0.2) is 24.3 Å². The van der Waals surface area contributed by atoms with E-state index in [2.05, 4.69) is 39.4 Å². The molecular weight excluding hydrogens is 389 g/mol. The Morgan fingerprint density at radius 3 is 2.55 bits per heavy atom. The lowest BCUT2D eigenvalue weighted by atomic mass is 9.89. The minimum Gasteiger partial charge on any atom is -0.381 e. The highest BCUT2D eigenvalue weighted by Gasteiger charge is 2.31. The Kier molecular flexibility index (Phi) is 5.44. The SMILES string of the molecule is CC(C)S(=O)(=O)N[C@@H]1CCOC[C@H]1c1ccc(I)cc1. The van der Waals surface area contributed by atoms with Crippen molar-refractivity contribution in [2.45, 2.75) is 37.5 Å². The zero-order chi connectivity index (χ0) is 14.8. The minimum atomic E-state index is -3.25. The molecule has 6 heteroatoms. The van der Waals surface area contributed by atoms with Crippen molar-refractivity contribution in [2.24, 2.45) is 0 Å². The molecule has 1 heterocycles. The van der Waals surface area contributed by atoms with E-state index in [-0.39, 0.29) is 12.0 Å². The smallest absolute Gasteiger partial charge is 0.214 e. The van der Waals surface area contributed by atoms with Gasteiger partial charge in [-0.1, -0.05) is 12.1 Å². The molecule has 0 radical (unpaired) electrons. The fourth-order valence-corrected chi connectivity index (χ4v) is 3.60. The number of rotatable bonds is 4. The Labute approximate surface area is 134 Å². The molecule has 0 unspecified atom stereocenters. The summed E-state index contributed by atoms with van der Waals surface area (Å²) in [4.78, 5) is 0. The number of nitrogens with one attached hydrogen (secondary N) is 1. The van der Waals surface area contributed by atoms with Gasteiger partial charge < -0.3 is 4.74 Å². The first kappa shape index (κ1) is 16.2. The average molecular weight is 409 g/mol. The first-order valence-corrected chi connectivity index (χ1v) is 9.37. The van der Waals surface area contributed by atoms with Crippen molar-refractivity contribution in [1.82, 2.24) is 4.72 Å². The van der Waals surface area contributed by atoms with E-state index in [0.29, 0.717) is 19.6 Å². The molecule has 2 rings (SSSR count). The van der Waals surface area contributed by atoms with Crippen LogP contribution >= 0.6 is 22.6 Å². The van der Waals surface area contributed by atoms with E-state index < -0.39 is 15.3 Å². The highest BCUT2D eigenvalue weighted by molar-refractivity contribution is 14.1. The number of halogens is 1. The maximum atomic E-state index is 12.1. The maximum Gasteiger partial charge on any atom is 0.214 e. The van der Waals surface area contributed by atoms with Crippen molar-refractivity contribution >= 4 is 32.6 Å². The zero-order valence-corrected chi connectivity index (χ0v) is 14.6. The van der Waals surface area contributed by atoms with E-state index in [1.807, 2.05) is 12.1 Å². The summed E-state index contributed by atoms with van der Waals surface area (Å²) in [5.74, 6) is 0.0780. The van der Waals surface area contributed by atoms with Gasteiger partial charge in [0, 0.05) is 22.1 Å². The average Bonchev–Trinajstić information content (AvgIpc) is 2.40. The van der Waals surface area contributed by atoms with Gasteiger partial charge in [0.25, 0.3) is 0 Å². The molecule has 0 aliphatic carbocycles. The lowest BCUT2D eigenvalue weighted by Gasteiger charge is -2.32. The first-order valence-electron chi connectivity index (χ1n) is 6.74. The summed E-state index contributed by atoms with van der Waals surface area (Å²) in [5, 5.41) is -0.414. The lowest BCUT2D eigenvalue weighted by molar-refractivity contribution is 0.0653. The molecule has 1 aliphatic heterocycles. The topological polar surface area (TPSA) is 55.4 Å². The van der Waals surface area contributed by atoms with E-state index in [1.165, 1.54) is 3.57 Å². The molecule has 1 aliphatic rings.